The van der Waals surface area contributed by atoms with E-state index in [2.05, 4.69) is 11.8 Å². The Bertz CT molecular complexity index is 575. The molecule has 21 heavy (non-hydrogen) atoms. The monoisotopic (exact) mass is 288 g/mol. The number of nitriles is 1. The summed E-state index contributed by atoms with van der Waals surface area (Å²) in [6, 6.07) is 7.35. The number of nitrogens with zero attached hydrogens (tertiary/aromatic N) is 2. The van der Waals surface area contributed by atoms with Crippen LogP contribution in [-0.2, 0) is 4.74 Å². The first kappa shape index (κ1) is 16.2. The predicted octanol–water partition coefficient (Wildman–Crippen LogP) is 2.25. The number of benzene rings is 1. The van der Waals surface area contributed by atoms with E-state index in [9.17, 15) is 9.59 Å². The molecule has 0 spiro atoms. The van der Waals surface area contributed by atoms with Crippen molar-refractivity contribution in [3.05, 3.63) is 47.9 Å². The summed E-state index contributed by atoms with van der Waals surface area (Å²) in [5.41, 5.74) is 0.306. The van der Waals surface area contributed by atoms with Gasteiger partial charge in [0.05, 0.1) is 18.1 Å². The van der Waals surface area contributed by atoms with E-state index in [1.165, 1.54) is 24.3 Å². The maximum atomic E-state index is 11.2. The molecule has 1 aliphatic rings. The Morgan fingerprint density at radius 2 is 2.14 bits per heavy atom. The Morgan fingerprint density at radius 3 is 2.62 bits per heavy atom. The largest absolute Gasteiger partial charge is 0.479 e. The molecule has 0 bridgehead atoms. The first-order chi connectivity index (χ1) is 10.1. The first-order valence-electron chi connectivity index (χ1n) is 6.34. The highest BCUT2D eigenvalue weighted by Crippen LogP contribution is 2.07. The zero-order valence-electron chi connectivity index (χ0n) is 11.7. The number of rotatable bonds is 4. The third kappa shape index (κ3) is 5.37. The number of carboxylic acid groups (broad SMARTS) is 1. The first-order valence-corrected chi connectivity index (χ1v) is 6.34. The van der Waals surface area contributed by atoms with Gasteiger partial charge in [0.1, 0.15) is 6.26 Å². The fourth-order valence-electron chi connectivity index (χ4n) is 1.51. The number of hydrogen-bond donors (Lipinski definition) is 1. The van der Waals surface area contributed by atoms with Crippen LogP contribution in [0.2, 0.25) is 0 Å². The molecule has 1 N–H and O–H groups in total. The lowest BCUT2D eigenvalue weighted by molar-refractivity contribution is 0.0697. The van der Waals surface area contributed by atoms with E-state index in [-0.39, 0.29) is 23.3 Å². The van der Waals surface area contributed by atoms with Crippen molar-refractivity contribution in [3.8, 4) is 6.07 Å². The minimum Gasteiger partial charge on any atom is -0.479 e. The van der Waals surface area contributed by atoms with E-state index in [0.29, 0.717) is 0 Å². The zero-order valence-corrected chi connectivity index (χ0v) is 11.7. The van der Waals surface area contributed by atoms with Gasteiger partial charge >= 0.3 is 5.97 Å². The van der Waals surface area contributed by atoms with Gasteiger partial charge in [0.2, 0.25) is 0 Å². The summed E-state index contributed by atoms with van der Waals surface area (Å²) in [6.07, 6.45) is 3.42. The van der Waals surface area contributed by atoms with Gasteiger partial charge in [-0.2, -0.15) is 5.26 Å². The molecule has 0 unspecified atom stereocenters. The third-order valence-corrected chi connectivity index (χ3v) is 2.69. The number of carboxylic acids is 1. The molecule has 1 aliphatic heterocycles. The minimum atomic E-state index is -1.09. The Morgan fingerprint density at radius 1 is 1.43 bits per heavy atom. The summed E-state index contributed by atoms with van der Waals surface area (Å²) in [5, 5.41) is 16.9. The standard InChI is InChI=1S/C10H7NO3.C5H9NO/c11-5-4-9(12)7-2-1-3-8(6-7)10(13)14;1-2-6-3-4-7-5-6/h1-3,6H,4H2,(H,13,14);3-4H,2,5H2,1H3. The highest BCUT2D eigenvalue weighted by Gasteiger charge is 2.08. The summed E-state index contributed by atoms with van der Waals surface area (Å²) in [7, 11) is 0. The molecule has 1 heterocycles. The van der Waals surface area contributed by atoms with Crippen LogP contribution < -0.4 is 0 Å². The summed E-state index contributed by atoms with van der Waals surface area (Å²) in [6.45, 7) is 3.87. The van der Waals surface area contributed by atoms with Crippen molar-refractivity contribution in [2.45, 2.75) is 13.3 Å². The molecule has 2 rings (SSSR count). The van der Waals surface area contributed by atoms with Crippen molar-refractivity contribution in [2.75, 3.05) is 13.3 Å². The van der Waals surface area contributed by atoms with Crippen molar-refractivity contribution >= 4 is 11.8 Å². The van der Waals surface area contributed by atoms with Crippen molar-refractivity contribution in [3.63, 3.8) is 0 Å². The molecular formula is C15H16N2O4. The second kappa shape index (κ2) is 8.38. The maximum absolute atomic E-state index is 11.2. The van der Waals surface area contributed by atoms with Crippen LogP contribution in [-0.4, -0.2) is 35.0 Å². The molecule has 0 aromatic heterocycles. The van der Waals surface area contributed by atoms with Gasteiger partial charge in [-0.25, -0.2) is 4.79 Å². The lowest BCUT2D eigenvalue weighted by Crippen LogP contribution is -2.13. The van der Waals surface area contributed by atoms with Gasteiger partial charge in [-0.05, 0) is 19.1 Å². The van der Waals surface area contributed by atoms with Crippen molar-refractivity contribution in [1.82, 2.24) is 4.90 Å². The van der Waals surface area contributed by atoms with E-state index in [0.717, 1.165) is 13.3 Å². The molecule has 110 valence electrons. The van der Waals surface area contributed by atoms with E-state index < -0.39 is 5.97 Å². The molecule has 0 atom stereocenters. The van der Waals surface area contributed by atoms with Crippen LogP contribution >= 0.6 is 0 Å². The number of ketones is 1. The van der Waals surface area contributed by atoms with Crippen LogP contribution in [0.1, 0.15) is 34.1 Å². The van der Waals surface area contributed by atoms with Crippen LogP contribution in [0.3, 0.4) is 0 Å². The lowest BCUT2D eigenvalue weighted by Gasteiger charge is -2.07. The van der Waals surface area contributed by atoms with Crippen LogP contribution in [0.25, 0.3) is 0 Å². The second-order valence-electron chi connectivity index (χ2n) is 4.13. The Hall–Kier alpha value is -2.81. The maximum Gasteiger partial charge on any atom is 0.335 e. The van der Waals surface area contributed by atoms with Gasteiger partial charge in [0.15, 0.2) is 12.5 Å². The van der Waals surface area contributed by atoms with Gasteiger partial charge in [-0.1, -0.05) is 12.1 Å². The lowest BCUT2D eigenvalue weighted by atomic mass is 10.1. The van der Waals surface area contributed by atoms with E-state index >= 15 is 0 Å². The fraction of sp³-hybridized carbons (Fsp3) is 0.267. The van der Waals surface area contributed by atoms with Crippen molar-refractivity contribution in [2.24, 2.45) is 0 Å². The number of carbonyl (C=O) groups is 2. The predicted molar refractivity (Wildman–Crippen MR) is 75.4 cm³/mol. The van der Waals surface area contributed by atoms with Gasteiger partial charge in [0.25, 0.3) is 0 Å². The molecule has 0 aliphatic carbocycles. The van der Waals surface area contributed by atoms with E-state index in [1.54, 1.807) is 12.3 Å². The average Bonchev–Trinajstić information content (AvgIpc) is 3.02. The second-order valence-corrected chi connectivity index (χ2v) is 4.13. The Balaban J connectivity index is 0.000000262. The molecule has 1 aromatic carbocycles. The summed E-state index contributed by atoms with van der Waals surface area (Å²) >= 11 is 0. The third-order valence-electron chi connectivity index (χ3n) is 2.69. The molecule has 0 saturated carbocycles. The number of carbonyl (C=O) groups excluding carboxylic acids is 1. The molecule has 0 fully saturated rings. The Labute approximate surface area is 122 Å². The quantitative estimate of drug-likeness (QED) is 0.854. The van der Waals surface area contributed by atoms with E-state index in [4.69, 9.17) is 15.1 Å². The topological polar surface area (TPSA) is 90.6 Å². The van der Waals surface area contributed by atoms with E-state index in [1.807, 2.05) is 6.20 Å². The number of aromatic carboxylic acids is 1. The van der Waals surface area contributed by atoms with Crippen LogP contribution in [0.15, 0.2) is 36.7 Å². The highest BCUT2D eigenvalue weighted by atomic mass is 16.5. The fourth-order valence-corrected chi connectivity index (χ4v) is 1.51. The molecule has 0 saturated heterocycles. The number of Topliss-reactive ketones (excluding diaryl/α,β-unsaturated/α-hetero) is 1. The smallest absolute Gasteiger partial charge is 0.335 e. The van der Waals surface area contributed by atoms with Crippen LogP contribution in [0.5, 0.6) is 0 Å². The molecule has 1 aromatic rings. The van der Waals surface area contributed by atoms with Gasteiger partial charge in [0, 0.05) is 18.3 Å². The van der Waals surface area contributed by atoms with Gasteiger partial charge < -0.3 is 14.7 Å². The van der Waals surface area contributed by atoms with Crippen LogP contribution in [0, 0.1) is 11.3 Å². The molecule has 0 radical (unpaired) electrons. The molecule has 6 heteroatoms. The van der Waals surface area contributed by atoms with Crippen molar-refractivity contribution in [1.29, 1.82) is 5.26 Å². The summed E-state index contributed by atoms with van der Waals surface area (Å²) in [4.78, 5) is 23.8. The number of ether oxygens (including phenoxy) is 1. The average molecular weight is 288 g/mol. The highest BCUT2D eigenvalue weighted by molar-refractivity contribution is 5.99. The Kier molecular flexibility index (Phi) is 6.48. The summed E-state index contributed by atoms with van der Waals surface area (Å²) < 4.78 is 4.89. The van der Waals surface area contributed by atoms with Gasteiger partial charge in [-0.3, -0.25) is 4.79 Å². The normalized spacial score (nSPS) is 11.9. The minimum absolute atomic E-state index is 0.0498. The molecule has 0 amide bonds. The zero-order chi connectivity index (χ0) is 15.7. The SMILES string of the molecule is CCN1C=COC1.N#CCC(=O)c1cccc(C(=O)O)c1. The van der Waals surface area contributed by atoms with Gasteiger partial charge in [-0.15, -0.1) is 0 Å². The number of hydrogen-bond acceptors (Lipinski definition) is 5. The summed E-state index contributed by atoms with van der Waals surface area (Å²) in [5.74, 6) is -1.45. The van der Waals surface area contributed by atoms with Crippen LogP contribution in [0.4, 0.5) is 0 Å². The van der Waals surface area contributed by atoms with Crippen molar-refractivity contribution < 1.29 is 19.4 Å². The molecular weight excluding hydrogens is 272 g/mol. The molecule has 6 nitrogen and oxygen atoms in total.